The fourth-order valence-corrected chi connectivity index (χ4v) is 2.72. The van der Waals surface area contributed by atoms with E-state index in [1.807, 2.05) is 18.2 Å². The number of methoxy groups -OCH3 is 1. The molecule has 5 nitrogen and oxygen atoms in total. The zero-order chi connectivity index (χ0) is 13.2. The number of rotatable bonds is 2. The van der Waals surface area contributed by atoms with Crippen LogP contribution in [0.25, 0.3) is 0 Å². The molecule has 0 bridgehead atoms. The normalized spacial score (nSPS) is 19.8. The number of hydrogen-bond donors (Lipinski definition) is 0. The van der Waals surface area contributed by atoms with Gasteiger partial charge in [-0.2, -0.15) is 0 Å². The second-order valence-electron chi connectivity index (χ2n) is 4.85. The number of carbonyl (C=O) groups excluding carboxylic acids is 1. The lowest BCUT2D eigenvalue weighted by atomic mass is 10.1. The van der Waals surface area contributed by atoms with E-state index in [0.29, 0.717) is 6.61 Å². The summed E-state index contributed by atoms with van der Waals surface area (Å²) in [6.07, 6.45) is 3.12. The second-order valence-corrected chi connectivity index (χ2v) is 4.85. The standard InChI is InChI=1S/C14H18N2O3/c1-18-12-7-5-6-11-10-19-14(17)16(13(11)12)15-8-3-2-4-9-15/h5-7H,2-4,8-10H2,1H3. The number of ether oxygens (including phenoxy) is 2. The smallest absolute Gasteiger partial charge is 0.429 e. The van der Waals surface area contributed by atoms with Crippen molar-refractivity contribution in [2.75, 3.05) is 25.2 Å². The SMILES string of the molecule is COc1cccc2c1N(N1CCCCC1)C(=O)OC2. The molecule has 1 aromatic rings. The third kappa shape index (κ3) is 2.14. The van der Waals surface area contributed by atoms with Crippen molar-refractivity contribution in [2.45, 2.75) is 25.9 Å². The minimum absolute atomic E-state index is 0.307. The summed E-state index contributed by atoms with van der Waals surface area (Å²) in [5.41, 5.74) is 1.83. The molecule has 0 atom stereocenters. The number of anilines is 1. The lowest BCUT2D eigenvalue weighted by Gasteiger charge is -2.39. The Balaban J connectivity index is 2.02. The van der Waals surface area contributed by atoms with E-state index in [-0.39, 0.29) is 6.09 Å². The first-order valence-electron chi connectivity index (χ1n) is 6.69. The van der Waals surface area contributed by atoms with Gasteiger partial charge in [0.05, 0.1) is 7.11 Å². The number of amides is 1. The van der Waals surface area contributed by atoms with E-state index in [4.69, 9.17) is 9.47 Å². The Morgan fingerprint density at radius 1 is 1.21 bits per heavy atom. The van der Waals surface area contributed by atoms with Gasteiger partial charge in [-0.15, -0.1) is 0 Å². The molecule has 0 radical (unpaired) electrons. The summed E-state index contributed by atoms with van der Waals surface area (Å²) in [6.45, 7) is 2.08. The summed E-state index contributed by atoms with van der Waals surface area (Å²) < 4.78 is 10.7. The predicted octanol–water partition coefficient (Wildman–Crippen LogP) is 2.55. The predicted molar refractivity (Wildman–Crippen MR) is 71.1 cm³/mol. The van der Waals surface area contributed by atoms with Gasteiger partial charge in [0.25, 0.3) is 0 Å². The first kappa shape index (κ1) is 12.3. The van der Waals surface area contributed by atoms with Crippen molar-refractivity contribution >= 4 is 11.8 Å². The monoisotopic (exact) mass is 262 g/mol. The molecule has 2 aliphatic heterocycles. The number of fused-ring (bicyclic) bond motifs is 1. The van der Waals surface area contributed by atoms with Crippen molar-refractivity contribution in [2.24, 2.45) is 0 Å². The van der Waals surface area contributed by atoms with E-state index < -0.39 is 0 Å². The van der Waals surface area contributed by atoms with E-state index in [0.717, 1.165) is 42.9 Å². The first-order valence-corrected chi connectivity index (χ1v) is 6.69. The topological polar surface area (TPSA) is 42.0 Å². The molecule has 2 heterocycles. The quantitative estimate of drug-likeness (QED) is 0.821. The summed E-state index contributed by atoms with van der Waals surface area (Å²) >= 11 is 0. The van der Waals surface area contributed by atoms with Crippen LogP contribution in [0.4, 0.5) is 10.5 Å². The molecule has 19 heavy (non-hydrogen) atoms. The molecule has 0 spiro atoms. The minimum atomic E-state index is -0.307. The highest BCUT2D eigenvalue weighted by atomic mass is 16.6. The molecule has 1 saturated heterocycles. The van der Waals surface area contributed by atoms with Crippen LogP contribution in [-0.2, 0) is 11.3 Å². The average Bonchev–Trinajstić information content (AvgIpc) is 2.47. The maximum Gasteiger partial charge on any atom is 0.429 e. The van der Waals surface area contributed by atoms with E-state index >= 15 is 0 Å². The van der Waals surface area contributed by atoms with Gasteiger partial charge in [0.2, 0.25) is 0 Å². The van der Waals surface area contributed by atoms with Crippen LogP contribution in [0.3, 0.4) is 0 Å². The highest BCUT2D eigenvalue weighted by molar-refractivity contribution is 5.91. The number of benzene rings is 1. The summed E-state index contributed by atoms with van der Waals surface area (Å²) in [7, 11) is 1.63. The van der Waals surface area contributed by atoms with Gasteiger partial charge in [-0.3, -0.25) is 0 Å². The van der Waals surface area contributed by atoms with E-state index in [2.05, 4.69) is 5.01 Å². The lowest BCUT2D eigenvalue weighted by molar-refractivity contribution is 0.107. The van der Waals surface area contributed by atoms with Gasteiger partial charge >= 0.3 is 6.09 Å². The summed E-state index contributed by atoms with van der Waals surface area (Å²) in [5, 5.41) is 3.71. The van der Waals surface area contributed by atoms with Crippen LogP contribution in [0.15, 0.2) is 18.2 Å². The first-order chi connectivity index (χ1) is 9.31. The van der Waals surface area contributed by atoms with Crippen LogP contribution in [0.1, 0.15) is 24.8 Å². The molecule has 2 aliphatic rings. The number of para-hydroxylation sites is 1. The van der Waals surface area contributed by atoms with Crippen LogP contribution in [-0.4, -0.2) is 31.3 Å². The number of hydrazine groups is 1. The van der Waals surface area contributed by atoms with Crippen LogP contribution >= 0.6 is 0 Å². The van der Waals surface area contributed by atoms with E-state index in [1.165, 1.54) is 6.42 Å². The van der Waals surface area contributed by atoms with Crippen molar-refractivity contribution in [3.8, 4) is 5.75 Å². The largest absolute Gasteiger partial charge is 0.494 e. The molecule has 0 aliphatic carbocycles. The van der Waals surface area contributed by atoms with Crippen LogP contribution in [0.2, 0.25) is 0 Å². The lowest BCUT2D eigenvalue weighted by Crippen LogP contribution is -2.51. The van der Waals surface area contributed by atoms with Gasteiger partial charge < -0.3 is 9.47 Å². The highest BCUT2D eigenvalue weighted by Crippen LogP contribution is 2.37. The Morgan fingerprint density at radius 3 is 2.74 bits per heavy atom. The molecule has 1 aromatic carbocycles. The highest BCUT2D eigenvalue weighted by Gasteiger charge is 2.33. The van der Waals surface area contributed by atoms with Gasteiger partial charge in [-0.1, -0.05) is 18.6 Å². The molecule has 0 saturated carbocycles. The van der Waals surface area contributed by atoms with Gasteiger partial charge in [-0.25, -0.2) is 14.8 Å². The Hall–Kier alpha value is -1.75. The molecule has 0 unspecified atom stereocenters. The Morgan fingerprint density at radius 2 is 2.00 bits per heavy atom. The molecular weight excluding hydrogens is 244 g/mol. The molecule has 0 N–H and O–H groups in total. The molecule has 102 valence electrons. The maximum atomic E-state index is 12.1. The van der Waals surface area contributed by atoms with Crippen molar-refractivity contribution in [3.05, 3.63) is 23.8 Å². The molecular formula is C14H18N2O3. The molecule has 5 heteroatoms. The van der Waals surface area contributed by atoms with E-state index in [1.54, 1.807) is 12.1 Å². The van der Waals surface area contributed by atoms with E-state index in [9.17, 15) is 4.79 Å². The van der Waals surface area contributed by atoms with Crippen molar-refractivity contribution < 1.29 is 14.3 Å². The zero-order valence-electron chi connectivity index (χ0n) is 11.1. The Kier molecular flexibility index (Phi) is 3.29. The maximum absolute atomic E-state index is 12.1. The molecule has 0 aromatic heterocycles. The fourth-order valence-electron chi connectivity index (χ4n) is 2.72. The minimum Gasteiger partial charge on any atom is -0.494 e. The number of nitrogens with zero attached hydrogens (tertiary/aromatic N) is 2. The summed E-state index contributed by atoms with van der Waals surface area (Å²) in [4.78, 5) is 12.1. The number of carbonyl (C=O) groups is 1. The van der Waals surface area contributed by atoms with Gasteiger partial charge in [-0.05, 0) is 18.9 Å². The van der Waals surface area contributed by atoms with Crippen LogP contribution in [0, 0.1) is 0 Å². The average molecular weight is 262 g/mol. The third-order valence-electron chi connectivity index (χ3n) is 3.65. The van der Waals surface area contributed by atoms with Gasteiger partial charge in [0, 0.05) is 18.7 Å². The second kappa shape index (κ2) is 5.09. The van der Waals surface area contributed by atoms with Crippen molar-refractivity contribution in [1.82, 2.24) is 5.01 Å². The zero-order valence-corrected chi connectivity index (χ0v) is 11.1. The fraction of sp³-hybridized carbons (Fsp3) is 0.500. The summed E-state index contributed by atoms with van der Waals surface area (Å²) in [6, 6.07) is 5.78. The van der Waals surface area contributed by atoms with Gasteiger partial charge in [0.1, 0.15) is 18.0 Å². The number of piperidine rings is 1. The van der Waals surface area contributed by atoms with Crippen LogP contribution in [0.5, 0.6) is 5.75 Å². The molecule has 1 fully saturated rings. The van der Waals surface area contributed by atoms with Crippen LogP contribution < -0.4 is 9.75 Å². The Labute approximate surface area is 112 Å². The Bertz CT molecular complexity index is 469. The molecule has 1 amide bonds. The van der Waals surface area contributed by atoms with Crippen molar-refractivity contribution in [1.29, 1.82) is 0 Å². The van der Waals surface area contributed by atoms with Crippen molar-refractivity contribution in [3.63, 3.8) is 0 Å². The van der Waals surface area contributed by atoms with Gasteiger partial charge in [0.15, 0.2) is 0 Å². The summed E-state index contributed by atoms with van der Waals surface area (Å²) in [5.74, 6) is 0.722. The number of cyclic esters (lactones) is 1. The number of hydrogen-bond acceptors (Lipinski definition) is 4. The third-order valence-corrected chi connectivity index (χ3v) is 3.65. The molecule has 3 rings (SSSR count).